The molecule has 16 saturated carbocycles. The minimum absolute atomic E-state index is 0.0665. The maximum atomic E-state index is 13.3. The molecule has 0 bridgehead atoms. The first-order valence-corrected chi connectivity index (χ1v) is 25.4. The summed E-state index contributed by atoms with van der Waals surface area (Å²) in [6.45, 7) is 4.92. The minimum atomic E-state index is 0.0665. The monoisotopic (exact) mass is 744 g/mol. The van der Waals surface area contributed by atoms with Crippen molar-refractivity contribution in [1.29, 1.82) is 0 Å². The number of carbonyl (C=O) groups is 1. The molecule has 0 amide bonds. The van der Waals surface area contributed by atoms with Crippen molar-refractivity contribution >= 4 is 5.97 Å². The average molecular weight is 745 g/mol. The lowest BCUT2D eigenvalue weighted by molar-refractivity contribution is -0.152. The van der Waals surface area contributed by atoms with Gasteiger partial charge in [-0.1, -0.05) is 55.8 Å². The summed E-state index contributed by atoms with van der Waals surface area (Å²) >= 11 is 0. The fraction of sp³-hybridized carbons (Fsp3) is 0.833. The van der Waals surface area contributed by atoms with Crippen LogP contribution in [-0.2, 0) is 14.9 Å². The Morgan fingerprint density at radius 2 is 1.14 bits per heavy atom. The van der Waals surface area contributed by atoms with Gasteiger partial charge in [-0.05, 0) is 241 Å². The molecule has 0 heterocycles. The third kappa shape index (κ3) is 2.70. The first-order chi connectivity index (χ1) is 27.5. The number of rotatable bonds is 7. The fourth-order valence-corrected chi connectivity index (χ4v) is 27.7. The predicted octanol–water partition coefficient (Wildman–Crippen LogP) is 10.0. The summed E-state index contributed by atoms with van der Waals surface area (Å²) in [5, 5.41) is 0. The Kier molecular flexibility index (Phi) is 4.92. The lowest BCUT2D eigenvalue weighted by Crippen LogP contribution is -2.59. The van der Waals surface area contributed by atoms with E-state index in [4.69, 9.17) is 4.74 Å². The standard InChI is InChI=1S/C54H64O2/c1-20(2)19-56-30(55)9-6-10-53(28-7-4-3-5-8-28)52-29-17-26-15-23-13-24-12-21-11-22-14-25-16-27-18-54(52,53)51-37(27)42-36(25)41-32(22)31(21)39-35(24)40-33(23)34(26)43-38(29)50(51)49-47(42)45(41)44(39)46(40)48(43)49/h3-5,7-8,18,20-26,29,31-52H,6,9-17,19H2,1-2H3. The van der Waals surface area contributed by atoms with E-state index in [0.717, 1.165) is 143 Å². The lowest BCUT2D eigenvalue weighted by atomic mass is 9.42. The molecular weight excluding hydrogens is 681 g/mol. The molecule has 1 aromatic carbocycles. The molecule has 56 heavy (non-hydrogen) atoms. The first kappa shape index (κ1) is 30.5. The van der Waals surface area contributed by atoms with Crippen LogP contribution in [0.2, 0.25) is 0 Å². The van der Waals surface area contributed by atoms with E-state index in [1.54, 1.807) is 44.1 Å². The second-order valence-electron chi connectivity index (χ2n) is 26.3. The van der Waals surface area contributed by atoms with Crippen molar-refractivity contribution in [2.75, 3.05) is 6.61 Å². The summed E-state index contributed by atoms with van der Waals surface area (Å²) in [5.41, 5.74) is 4.36. The van der Waals surface area contributed by atoms with Gasteiger partial charge in [0.05, 0.1) is 6.61 Å². The van der Waals surface area contributed by atoms with Crippen molar-refractivity contribution in [2.24, 2.45) is 183 Å². The van der Waals surface area contributed by atoms with Crippen LogP contribution in [0.3, 0.4) is 0 Å². The summed E-state index contributed by atoms with van der Waals surface area (Å²) in [4.78, 5) is 13.3. The smallest absolute Gasteiger partial charge is 0.305 e. The molecule has 18 rings (SSSR count). The summed E-state index contributed by atoms with van der Waals surface area (Å²) in [6, 6.07) is 12.3. The molecule has 1 spiro atoms. The molecule has 0 N–H and O–H groups in total. The second kappa shape index (κ2) is 9.04. The summed E-state index contributed by atoms with van der Waals surface area (Å²) < 4.78 is 5.87. The Balaban J connectivity index is 0.887. The summed E-state index contributed by atoms with van der Waals surface area (Å²) in [7, 11) is 0. The van der Waals surface area contributed by atoms with E-state index in [-0.39, 0.29) is 11.4 Å². The Labute approximate surface area is 334 Å². The Morgan fingerprint density at radius 1 is 0.625 bits per heavy atom. The second-order valence-corrected chi connectivity index (χ2v) is 26.3. The zero-order chi connectivity index (χ0) is 35.8. The largest absolute Gasteiger partial charge is 0.465 e. The number of ether oxygens (including phenoxy) is 1. The van der Waals surface area contributed by atoms with E-state index in [0.29, 0.717) is 24.4 Å². The van der Waals surface area contributed by atoms with Crippen molar-refractivity contribution in [3.05, 3.63) is 47.5 Å². The molecule has 292 valence electrons. The van der Waals surface area contributed by atoms with Gasteiger partial charge in [0.15, 0.2) is 0 Å². The third-order valence-corrected chi connectivity index (χ3v) is 26.1. The molecule has 17 aliphatic rings. The van der Waals surface area contributed by atoms with Gasteiger partial charge in [-0.2, -0.15) is 0 Å². The van der Waals surface area contributed by atoms with E-state index in [2.05, 4.69) is 55.8 Å². The van der Waals surface area contributed by atoms with Crippen molar-refractivity contribution in [2.45, 2.75) is 83.5 Å². The normalized spacial score (nSPS) is 69.7. The maximum absolute atomic E-state index is 13.3. The molecule has 2 heteroatoms. The van der Waals surface area contributed by atoms with Crippen LogP contribution in [0.4, 0.5) is 0 Å². The zero-order valence-corrected chi connectivity index (χ0v) is 33.9. The van der Waals surface area contributed by atoms with Gasteiger partial charge in [0.1, 0.15) is 0 Å². The summed E-state index contributed by atoms with van der Waals surface area (Å²) in [6.07, 6.45) is 17.5. The van der Waals surface area contributed by atoms with Crippen molar-refractivity contribution in [1.82, 2.24) is 0 Å². The van der Waals surface area contributed by atoms with E-state index in [1.165, 1.54) is 48.3 Å². The number of carbonyl (C=O) groups excluding carboxylic acids is 1. The zero-order valence-electron chi connectivity index (χ0n) is 33.9. The van der Waals surface area contributed by atoms with Gasteiger partial charge in [-0.25, -0.2) is 0 Å². The van der Waals surface area contributed by atoms with Gasteiger partial charge < -0.3 is 4.74 Å². The number of allylic oxidation sites excluding steroid dienone is 2. The minimum Gasteiger partial charge on any atom is -0.465 e. The van der Waals surface area contributed by atoms with E-state index < -0.39 is 0 Å². The van der Waals surface area contributed by atoms with Crippen molar-refractivity contribution in [3.63, 3.8) is 0 Å². The number of hydrogen-bond acceptors (Lipinski definition) is 2. The molecule has 0 aromatic heterocycles. The quantitative estimate of drug-likeness (QED) is 0.205. The molecule has 0 radical (unpaired) electrons. The van der Waals surface area contributed by atoms with Crippen LogP contribution in [0.5, 0.6) is 0 Å². The van der Waals surface area contributed by atoms with Crippen LogP contribution < -0.4 is 0 Å². The molecule has 0 saturated heterocycles. The molecule has 0 aliphatic heterocycles. The average Bonchev–Trinajstić information content (AvgIpc) is 3.88. The fourth-order valence-electron chi connectivity index (χ4n) is 27.7. The van der Waals surface area contributed by atoms with Crippen LogP contribution in [-0.4, -0.2) is 12.6 Å². The molecule has 2 nitrogen and oxygen atoms in total. The highest BCUT2D eigenvalue weighted by Gasteiger charge is 2.94. The van der Waals surface area contributed by atoms with Crippen LogP contribution in [0.25, 0.3) is 0 Å². The van der Waals surface area contributed by atoms with Crippen LogP contribution in [0.1, 0.15) is 83.6 Å². The maximum Gasteiger partial charge on any atom is 0.305 e. The van der Waals surface area contributed by atoms with Gasteiger partial charge in [-0.3, -0.25) is 4.79 Å². The topological polar surface area (TPSA) is 26.3 Å². The van der Waals surface area contributed by atoms with Crippen LogP contribution in [0.15, 0.2) is 42.0 Å². The van der Waals surface area contributed by atoms with E-state index in [9.17, 15) is 4.79 Å². The highest BCUT2D eigenvalue weighted by atomic mass is 16.5. The molecular formula is C54H64O2. The highest BCUT2D eigenvalue weighted by molar-refractivity contribution is 5.69. The van der Waals surface area contributed by atoms with Gasteiger partial charge >= 0.3 is 5.97 Å². The van der Waals surface area contributed by atoms with E-state index >= 15 is 0 Å². The Hall–Kier alpha value is -1.57. The van der Waals surface area contributed by atoms with Crippen LogP contribution >= 0.6 is 0 Å². The van der Waals surface area contributed by atoms with Gasteiger partial charge in [-0.15, -0.1) is 0 Å². The van der Waals surface area contributed by atoms with E-state index in [1.807, 2.05) is 0 Å². The molecule has 17 aliphatic carbocycles. The molecule has 31 unspecified atom stereocenters. The molecule has 16 fully saturated rings. The predicted molar refractivity (Wildman–Crippen MR) is 212 cm³/mol. The number of fused-ring (bicyclic) bond motifs is 1. The Morgan fingerprint density at radius 3 is 1.79 bits per heavy atom. The van der Waals surface area contributed by atoms with Crippen molar-refractivity contribution < 1.29 is 9.53 Å². The summed E-state index contributed by atoms with van der Waals surface area (Å²) in [5.74, 6) is 32.2. The number of benzene rings is 1. The van der Waals surface area contributed by atoms with Gasteiger partial charge in [0.2, 0.25) is 0 Å². The number of esters is 1. The van der Waals surface area contributed by atoms with Crippen molar-refractivity contribution in [3.8, 4) is 0 Å². The van der Waals surface area contributed by atoms with Gasteiger partial charge in [0.25, 0.3) is 0 Å². The first-order valence-electron chi connectivity index (χ1n) is 25.4. The SMILES string of the molecule is CC(C)COC(=O)CCCC1(c2ccccc2)C2C3CC4CC5CC6CC7CC8CC9CC%10=CC21C1C%10C2C9C9C8C7C7C6C6C5C4C4C3C1C1C2C9C7C6C41. The lowest BCUT2D eigenvalue weighted by Gasteiger charge is -2.62. The molecule has 1 aromatic rings. The van der Waals surface area contributed by atoms with Crippen LogP contribution in [0, 0.1) is 183 Å². The molecule has 31 atom stereocenters. The Bertz CT molecular complexity index is 2080. The highest BCUT2D eigenvalue weighted by Crippen LogP contribution is 2.97. The number of hydrogen-bond donors (Lipinski definition) is 0. The van der Waals surface area contributed by atoms with Gasteiger partial charge in [0, 0.05) is 17.3 Å². The third-order valence-electron chi connectivity index (χ3n) is 26.1.